The van der Waals surface area contributed by atoms with E-state index in [2.05, 4.69) is 16.0 Å². The number of urea groups is 1. The molecule has 1 aliphatic carbocycles. The molecule has 1 rings (SSSR count). The summed E-state index contributed by atoms with van der Waals surface area (Å²) in [7, 11) is 0. The lowest BCUT2D eigenvalue weighted by atomic mass is 9.77. The van der Waals surface area contributed by atoms with E-state index < -0.39 is 12.1 Å². The van der Waals surface area contributed by atoms with Crippen LogP contribution in [-0.2, 0) is 4.79 Å². The summed E-state index contributed by atoms with van der Waals surface area (Å²) in [5.41, 5.74) is -0.335. The minimum atomic E-state index is -0.495. The fourth-order valence-electron chi connectivity index (χ4n) is 1.90. The molecule has 0 aromatic heterocycles. The van der Waals surface area contributed by atoms with Gasteiger partial charge in [0.1, 0.15) is 0 Å². The minimum absolute atomic E-state index is 0.0196. The van der Waals surface area contributed by atoms with Crippen LogP contribution in [0, 0.1) is 0 Å². The maximum absolute atomic E-state index is 11.6. The maximum atomic E-state index is 11.6. The Morgan fingerprint density at radius 1 is 1.41 bits per heavy atom. The van der Waals surface area contributed by atoms with Crippen LogP contribution in [0.15, 0.2) is 0 Å². The highest BCUT2D eigenvalue weighted by Crippen LogP contribution is 2.31. The van der Waals surface area contributed by atoms with Gasteiger partial charge in [0, 0.05) is 12.1 Å². The number of hydrogen-bond acceptors (Lipinski definition) is 4. The molecule has 0 aliphatic heterocycles. The predicted molar refractivity (Wildman–Crippen MR) is 63.5 cm³/mol. The highest BCUT2D eigenvalue weighted by molar-refractivity contribution is 5.96. The second kappa shape index (κ2) is 5.97. The molecule has 1 aliphatic rings. The number of nitrogens with one attached hydrogen (secondary N) is 3. The Morgan fingerprint density at radius 2 is 2.06 bits per heavy atom. The zero-order valence-corrected chi connectivity index (χ0v) is 10.4. The first-order valence-corrected chi connectivity index (χ1v) is 6.00. The van der Waals surface area contributed by atoms with Crippen molar-refractivity contribution < 1.29 is 14.7 Å². The highest BCUT2D eigenvalue weighted by Gasteiger charge is 2.38. The Hall–Kier alpha value is -1.14. The van der Waals surface area contributed by atoms with Gasteiger partial charge in [0.05, 0.1) is 12.6 Å². The van der Waals surface area contributed by atoms with Gasteiger partial charge in [-0.15, -0.1) is 0 Å². The van der Waals surface area contributed by atoms with Crippen LogP contribution >= 0.6 is 0 Å². The monoisotopic (exact) mass is 243 g/mol. The summed E-state index contributed by atoms with van der Waals surface area (Å²) < 4.78 is 0. The largest absolute Gasteiger partial charge is 0.394 e. The van der Waals surface area contributed by atoms with Crippen LogP contribution < -0.4 is 16.0 Å². The van der Waals surface area contributed by atoms with Gasteiger partial charge < -0.3 is 10.4 Å². The van der Waals surface area contributed by atoms with Gasteiger partial charge in [-0.2, -0.15) is 0 Å². The van der Waals surface area contributed by atoms with Gasteiger partial charge in [0.2, 0.25) is 5.91 Å². The number of hydrogen-bond donors (Lipinski definition) is 4. The van der Waals surface area contributed by atoms with Crippen LogP contribution in [0.1, 0.15) is 33.1 Å². The first-order chi connectivity index (χ1) is 8.03. The molecule has 4 N–H and O–H groups in total. The van der Waals surface area contributed by atoms with E-state index in [4.69, 9.17) is 0 Å². The lowest BCUT2D eigenvalue weighted by Gasteiger charge is -2.42. The average Bonchev–Trinajstić information content (AvgIpc) is 2.23. The second-order valence-electron chi connectivity index (χ2n) is 4.51. The number of imide groups is 1. The normalized spacial score (nSPS) is 19.0. The zero-order valence-electron chi connectivity index (χ0n) is 10.4. The van der Waals surface area contributed by atoms with Crippen molar-refractivity contribution in [1.29, 1.82) is 0 Å². The predicted octanol–water partition coefficient (Wildman–Crippen LogP) is -0.275. The molecule has 1 atom stereocenters. The summed E-state index contributed by atoms with van der Waals surface area (Å²) >= 11 is 0. The molecule has 1 fully saturated rings. The van der Waals surface area contributed by atoms with Crippen molar-refractivity contribution in [2.45, 2.75) is 44.7 Å². The first-order valence-electron chi connectivity index (χ1n) is 6.00. The molecule has 0 heterocycles. The molecule has 0 bridgehead atoms. The van der Waals surface area contributed by atoms with Crippen molar-refractivity contribution in [2.24, 2.45) is 0 Å². The van der Waals surface area contributed by atoms with Crippen LogP contribution in [0.5, 0.6) is 0 Å². The third-order valence-electron chi connectivity index (χ3n) is 3.10. The fourth-order valence-corrected chi connectivity index (χ4v) is 1.90. The molecule has 0 aromatic rings. The Kier molecular flexibility index (Phi) is 4.89. The zero-order chi connectivity index (χ0) is 12.9. The Morgan fingerprint density at radius 3 is 2.47 bits per heavy atom. The van der Waals surface area contributed by atoms with E-state index in [-0.39, 0.29) is 18.1 Å². The molecule has 0 radical (unpaired) electrons. The van der Waals surface area contributed by atoms with Crippen molar-refractivity contribution in [3.05, 3.63) is 0 Å². The molecule has 0 spiro atoms. The quantitative estimate of drug-likeness (QED) is 0.535. The molecule has 0 saturated heterocycles. The van der Waals surface area contributed by atoms with E-state index in [9.17, 15) is 14.7 Å². The standard InChI is InChI=1S/C11H21N3O3/c1-3-12-10(17)13-9(16)8(2)14-11(7-15)5-4-6-11/h8,14-15H,3-7H2,1-2H3,(H2,12,13,16,17). The van der Waals surface area contributed by atoms with Gasteiger partial charge in [-0.1, -0.05) is 0 Å². The van der Waals surface area contributed by atoms with Gasteiger partial charge in [0.25, 0.3) is 0 Å². The second-order valence-corrected chi connectivity index (χ2v) is 4.51. The Bertz CT molecular complexity index is 284. The molecule has 17 heavy (non-hydrogen) atoms. The third kappa shape index (κ3) is 3.67. The van der Waals surface area contributed by atoms with Crippen LogP contribution in [0.2, 0.25) is 0 Å². The summed E-state index contributed by atoms with van der Waals surface area (Å²) in [6.07, 6.45) is 2.78. The van der Waals surface area contributed by atoms with Crippen LogP contribution in [0.4, 0.5) is 4.79 Å². The number of amides is 3. The van der Waals surface area contributed by atoms with Gasteiger partial charge in [-0.3, -0.25) is 15.4 Å². The molecule has 6 heteroatoms. The maximum Gasteiger partial charge on any atom is 0.321 e. The summed E-state index contributed by atoms with van der Waals surface area (Å²) in [6.45, 7) is 3.96. The fraction of sp³-hybridized carbons (Fsp3) is 0.818. The number of carbonyl (C=O) groups is 2. The van der Waals surface area contributed by atoms with Gasteiger partial charge in [0.15, 0.2) is 0 Å². The molecule has 0 aromatic carbocycles. The summed E-state index contributed by atoms with van der Waals surface area (Å²) in [6, 6.07) is -0.983. The van der Waals surface area contributed by atoms with Crippen molar-refractivity contribution >= 4 is 11.9 Å². The first kappa shape index (κ1) is 13.9. The van der Waals surface area contributed by atoms with Gasteiger partial charge >= 0.3 is 6.03 Å². The summed E-state index contributed by atoms with van der Waals surface area (Å²) in [4.78, 5) is 22.8. The van der Waals surface area contributed by atoms with E-state index in [1.165, 1.54) is 0 Å². The number of aliphatic hydroxyl groups is 1. The number of carbonyl (C=O) groups excluding carboxylic acids is 2. The molecule has 98 valence electrons. The van der Waals surface area contributed by atoms with E-state index in [0.29, 0.717) is 6.54 Å². The molecular formula is C11H21N3O3. The van der Waals surface area contributed by atoms with Crippen LogP contribution in [0.3, 0.4) is 0 Å². The summed E-state index contributed by atoms with van der Waals surface area (Å²) in [5, 5.41) is 17.1. The van der Waals surface area contributed by atoms with Crippen molar-refractivity contribution in [3.8, 4) is 0 Å². The average molecular weight is 243 g/mol. The Balaban J connectivity index is 2.38. The van der Waals surface area contributed by atoms with Crippen LogP contribution in [0.25, 0.3) is 0 Å². The molecule has 3 amide bonds. The van der Waals surface area contributed by atoms with Gasteiger partial charge in [-0.05, 0) is 33.1 Å². The van der Waals surface area contributed by atoms with E-state index in [1.54, 1.807) is 13.8 Å². The lowest BCUT2D eigenvalue weighted by molar-refractivity contribution is -0.122. The SMILES string of the molecule is CCNC(=O)NC(=O)C(C)NC1(CO)CCC1. The van der Waals surface area contributed by atoms with Crippen LogP contribution in [-0.4, -0.2) is 41.8 Å². The van der Waals surface area contributed by atoms with Crippen molar-refractivity contribution in [1.82, 2.24) is 16.0 Å². The van der Waals surface area contributed by atoms with Gasteiger partial charge in [-0.25, -0.2) is 4.79 Å². The minimum Gasteiger partial charge on any atom is -0.394 e. The molecule has 1 unspecified atom stereocenters. The van der Waals surface area contributed by atoms with Crippen molar-refractivity contribution in [2.75, 3.05) is 13.2 Å². The molecule has 1 saturated carbocycles. The summed E-state index contributed by atoms with van der Waals surface area (Å²) in [5.74, 6) is -0.379. The highest BCUT2D eigenvalue weighted by atomic mass is 16.3. The Labute approximate surface area is 101 Å². The lowest BCUT2D eigenvalue weighted by Crippen LogP contribution is -2.60. The topological polar surface area (TPSA) is 90.5 Å². The molecule has 6 nitrogen and oxygen atoms in total. The third-order valence-corrected chi connectivity index (χ3v) is 3.10. The molecular weight excluding hydrogens is 222 g/mol. The van der Waals surface area contributed by atoms with E-state index >= 15 is 0 Å². The number of rotatable bonds is 5. The van der Waals surface area contributed by atoms with E-state index in [1.807, 2.05) is 0 Å². The number of aliphatic hydroxyl groups excluding tert-OH is 1. The smallest absolute Gasteiger partial charge is 0.321 e. The van der Waals surface area contributed by atoms with E-state index in [0.717, 1.165) is 19.3 Å². The van der Waals surface area contributed by atoms with Crippen molar-refractivity contribution in [3.63, 3.8) is 0 Å².